The Bertz CT molecular complexity index is 1230. The van der Waals surface area contributed by atoms with Crippen LogP contribution in [0.25, 0.3) is 0 Å². The molecule has 0 amide bonds. The molecule has 0 aliphatic heterocycles. The van der Waals surface area contributed by atoms with Crippen molar-refractivity contribution < 1.29 is 42.8 Å². The summed E-state index contributed by atoms with van der Waals surface area (Å²) in [5.74, 6) is 0.324. The van der Waals surface area contributed by atoms with Crippen LogP contribution < -0.4 is 18.9 Å². The molecule has 0 spiro atoms. The average molecular weight is 549 g/mol. The second-order valence-electron chi connectivity index (χ2n) is 8.33. The third-order valence-corrected chi connectivity index (χ3v) is 5.33. The van der Waals surface area contributed by atoms with Gasteiger partial charge in [-0.3, -0.25) is 0 Å². The zero-order chi connectivity index (χ0) is 28.6. The zero-order valence-electron chi connectivity index (χ0n) is 22.3. The van der Waals surface area contributed by atoms with Crippen molar-refractivity contribution in [2.24, 2.45) is 0 Å². The van der Waals surface area contributed by atoms with E-state index in [4.69, 9.17) is 28.4 Å². The summed E-state index contributed by atoms with van der Waals surface area (Å²) < 4.78 is 32.1. The first kappa shape index (κ1) is 29.9. The van der Waals surface area contributed by atoms with Gasteiger partial charge in [-0.05, 0) is 79.2 Å². The van der Waals surface area contributed by atoms with E-state index in [0.29, 0.717) is 47.3 Å². The van der Waals surface area contributed by atoms with Crippen LogP contribution in [-0.2, 0) is 14.3 Å². The van der Waals surface area contributed by atoms with E-state index in [2.05, 4.69) is 13.5 Å². The highest BCUT2D eigenvalue weighted by molar-refractivity contribution is 5.92. The van der Waals surface area contributed by atoms with E-state index < -0.39 is 17.9 Å². The van der Waals surface area contributed by atoms with E-state index in [1.54, 1.807) is 72.8 Å². The highest BCUT2D eigenvalue weighted by Crippen LogP contribution is 2.21. The van der Waals surface area contributed by atoms with Crippen molar-refractivity contribution in [1.29, 1.82) is 0 Å². The van der Waals surface area contributed by atoms with E-state index in [1.807, 2.05) is 0 Å². The number of esters is 3. The van der Waals surface area contributed by atoms with E-state index in [1.165, 1.54) is 0 Å². The van der Waals surface area contributed by atoms with Crippen molar-refractivity contribution in [3.63, 3.8) is 0 Å². The summed E-state index contributed by atoms with van der Waals surface area (Å²) in [6.07, 6.45) is 3.10. The first-order chi connectivity index (χ1) is 19.5. The summed E-state index contributed by atoms with van der Waals surface area (Å²) in [4.78, 5) is 35.8. The smallest absolute Gasteiger partial charge is 0.343 e. The Hall–Kier alpha value is -4.63. The minimum absolute atomic E-state index is 0.138. The number of rotatable bonds is 16. The molecule has 0 aromatic heterocycles. The monoisotopic (exact) mass is 548 g/mol. The Balaban J connectivity index is 1.39. The quantitative estimate of drug-likeness (QED) is 0.100. The van der Waals surface area contributed by atoms with Gasteiger partial charge in [-0.25, -0.2) is 14.4 Å². The molecule has 0 atom stereocenters. The number of benzene rings is 3. The van der Waals surface area contributed by atoms with Crippen molar-refractivity contribution in [3.05, 3.63) is 96.6 Å². The van der Waals surface area contributed by atoms with Crippen LogP contribution in [-0.4, -0.2) is 50.9 Å². The Kier molecular flexibility index (Phi) is 12.2. The Morgan fingerprint density at radius 1 is 0.625 bits per heavy atom. The van der Waals surface area contributed by atoms with Crippen molar-refractivity contribution in [2.75, 3.05) is 33.0 Å². The van der Waals surface area contributed by atoms with Crippen LogP contribution in [0.2, 0.25) is 0 Å². The van der Waals surface area contributed by atoms with Gasteiger partial charge in [0.05, 0.1) is 30.9 Å². The Morgan fingerprint density at radius 3 is 1.55 bits per heavy atom. The lowest BCUT2D eigenvalue weighted by Crippen LogP contribution is -2.12. The predicted molar refractivity (Wildman–Crippen MR) is 147 cm³/mol. The van der Waals surface area contributed by atoms with Crippen LogP contribution in [0.5, 0.6) is 23.0 Å². The van der Waals surface area contributed by atoms with E-state index >= 15 is 0 Å². The second kappa shape index (κ2) is 16.4. The van der Waals surface area contributed by atoms with Crippen LogP contribution in [0.4, 0.5) is 0 Å². The minimum atomic E-state index is -0.546. The number of hydrogen-bond donors (Lipinski definition) is 0. The number of hydrogen-bond acceptors (Lipinski definition) is 9. The summed E-state index contributed by atoms with van der Waals surface area (Å²) >= 11 is 0. The van der Waals surface area contributed by atoms with Crippen molar-refractivity contribution in [2.45, 2.75) is 19.8 Å². The van der Waals surface area contributed by atoms with Gasteiger partial charge >= 0.3 is 17.9 Å². The SMILES string of the molecule is C=CC(=O)OCCOCCOc1ccc(C(=O)Oc2ccc(OC(=O)c3ccc(OCCCC)cc3)cc2)cc1. The lowest BCUT2D eigenvalue weighted by atomic mass is 10.2. The van der Waals surface area contributed by atoms with Gasteiger partial charge in [0.25, 0.3) is 0 Å². The van der Waals surface area contributed by atoms with Gasteiger partial charge in [0.2, 0.25) is 0 Å². The Morgan fingerprint density at radius 2 is 1.07 bits per heavy atom. The van der Waals surface area contributed by atoms with Crippen molar-refractivity contribution >= 4 is 17.9 Å². The standard InChI is InChI=1S/C31H32O9/c1-3-5-18-36-25-10-6-23(7-11-25)30(33)39-27-14-16-28(17-15-27)40-31(34)24-8-12-26(13-9-24)37-21-19-35-20-22-38-29(32)4-2/h4,6-17H,2-3,5,18-22H2,1H3. The maximum Gasteiger partial charge on any atom is 0.343 e. The molecule has 3 rings (SSSR count). The minimum Gasteiger partial charge on any atom is -0.494 e. The topological polar surface area (TPSA) is 107 Å². The molecule has 0 fully saturated rings. The molecule has 9 heteroatoms. The summed E-state index contributed by atoms with van der Waals surface area (Å²) in [6, 6.07) is 19.4. The predicted octanol–water partition coefficient (Wildman–Crippen LogP) is 5.43. The number of ether oxygens (including phenoxy) is 6. The molecular formula is C31H32O9. The first-order valence-electron chi connectivity index (χ1n) is 12.9. The third-order valence-electron chi connectivity index (χ3n) is 5.33. The van der Waals surface area contributed by atoms with Crippen LogP contribution in [0.15, 0.2) is 85.5 Å². The third kappa shape index (κ3) is 10.3. The maximum absolute atomic E-state index is 12.5. The number of carbonyl (C=O) groups excluding carboxylic acids is 3. The highest BCUT2D eigenvalue weighted by Gasteiger charge is 2.12. The molecule has 9 nitrogen and oxygen atoms in total. The summed E-state index contributed by atoms with van der Waals surface area (Å²) in [7, 11) is 0. The zero-order valence-corrected chi connectivity index (χ0v) is 22.3. The van der Waals surface area contributed by atoms with Crippen LogP contribution in [0.1, 0.15) is 40.5 Å². The number of carbonyl (C=O) groups is 3. The molecule has 3 aromatic rings. The molecule has 3 aromatic carbocycles. The lowest BCUT2D eigenvalue weighted by Gasteiger charge is -2.09. The van der Waals surface area contributed by atoms with Crippen LogP contribution in [0, 0.1) is 0 Å². The second-order valence-corrected chi connectivity index (χ2v) is 8.33. The number of unbranched alkanes of at least 4 members (excludes halogenated alkanes) is 1. The van der Waals surface area contributed by atoms with Crippen molar-refractivity contribution in [1.82, 2.24) is 0 Å². The molecule has 0 N–H and O–H groups in total. The molecule has 0 bridgehead atoms. The van der Waals surface area contributed by atoms with Gasteiger partial charge in [-0.2, -0.15) is 0 Å². The van der Waals surface area contributed by atoms with Crippen molar-refractivity contribution in [3.8, 4) is 23.0 Å². The van der Waals surface area contributed by atoms with Crippen LogP contribution >= 0.6 is 0 Å². The highest BCUT2D eigenvalue weighted by atomic mass is 16.6. The fraction of sp³-hybridized carbons (Fsp3) is 0.258. The Labute approximate surface area is 233 Å². The maximum atomic E-state index is 12.5. The van der Waals surface area contributed by atoms with E-state index in [9.17, 15) is 14.4 Å². The fourth-order valence-corrected chi connectivity index (χ4v) is 3.20. The summed E-state index contributed by atoms with van der Waals surface area (Å²) in [5.41, 5.74) is 0.732. The normalized spacial score (nSPS) is 10.3. The summed E-state index contributed by atoms with van der Waals surface area (Å²) in [5, 5.41) is 0. The van der Waals surface area contributed by atoms with Gasteiger partial charge in [-0.1, -0.05) is 19.9 Å². The van der Waals surface area contributed by atoms with Gasteiger partial charge < -0.3 is 28.4 Å². The molecule has 0 radical (unpaired) electrons. The van der Waals surface area contributed by atoms with E-state index in [-0.39, 0.29) is 19.8 Å². The molecule has 0 aliphatic rings. The van der Waals surface area contributed by atoms with Crippen LogP contribution in [0.3, 0.4) is 0 Å². The first-order valence-corrected chi connectivity index (χ1v) is 12.9. The average Bonchev–Trinajstić information content (AvgIpc) is 2.98. The molecule has 0 aliphatic carbocycles. The summed E-state index contributed by atoms with van der Waals surface area (Å²) in [6.45, 7) is 7.01. The molecule has 0 saturated heterocycles. The lowest BCUT2D eigenvalue weighted by molar-refractivity contribution is -0.139. The van der Waals surface area contributed by atoms with Gasteiger partial charge in [0.15, 0.2) is 0 Å². The van der Waals surface area contributed by atoms with Gasteiger partial charge in [0.1, 0.15) is 36.2 Å². The van der Waals surface area contributed by atoms with Gasteiger partial charge in [-0.15, -0.1) is 0 Å². The largest absolute Gasteiger partial charge is 0.494 e. The molecule has 210 valence electrons. The fourth-order valence-electron chi connectivity index (χ4n) is 3.20. The van der Waals surface area contributed by atoms with E-state index in [0.717, 1.165) is 18.9 Å². The van der Waals surface area contributed by atoms with Gasteiger partial charge in [0, 0.05) is 6.08 Å². The molecule has 40 heavy (non-hydrogen) atoms. The molecule has 0 unspecified atom stereocenters. The molecule has 0 saturated carbocycles. The molecular weight excluding hydrogens is 516 g/mol. The molecule has 0 heterocycles.